The lowest BCUT2D eigenvalue weighted by Gasteiger charge is -2.37. The van der Waals surface area contributed by atoms with Crippen molar-refractivity contribution in [3.8, 4) is 0 Å². The van der Waals surface area contributed by atoms with Crippen LogP contribution in [0.25, 0.3) is 0 Å². The Hall–Kier alpha value is -0.900. The second-order valence-corrected chi connectivity index (χ2v) is 7.03. The third-order valence-electron chi connectivity index (χ3n) is 4.64. The Morgan fingerprint density at radius 2 is 2.00 bits per heavy atom. The maximum Gasteiger partial charge on any atom is 0.0566 e. The monoisotopic (exact) mass is 290 g/mol. The van der Waals surface area contributed by atoms with Crippen molar-refractivity contribution in [3.05, 3.63) is 35.4 Å². The summed E-state index contributed by atoms with van der Waals surface area (Å²) in [5.41, 5.74) is 8.96. The quantitative estimate of drug-likeness (QED) is 0.876. The van der Waals surface area contributed by atoms with Gasteiger partial charge in [-0.05, 0) is 42.7 Å². The van der Waals surface area contributed by atoms with Gasteiger partial charge in [-0.15, -0.1) is 0 Å². The molecule has 3 heteroatoms. The Bertz CT molecular complexity index is 447. The Morgan fingerprint density at radius 3 is 2.67 bits per heavy atom. The summed E-state index contributed by atoms with van der Waals surface area (Å²) in [7, 11) is 0. The van der Waals surface area contributed by atoms with Crippen molar-refractivity contribution in [3.63, 3.8) is 0 Å². The highest BCUT2D eigenvalue weighted by Crippen LogP contribution is 2.24. The maximum atomic E-state index is 10.1. The molecule has 0 saturated carbocycles. The van der Waals surface area contributed by atoms with Gasteiger partial charge in [0.15, 0.2) is 0 Å². The zero-order valence-electron chi connectivity index (χ0n) is 13.6. The number of nitrogens with zero attached hydrogens (tertiary/aromatic N) is 1. The normalized spacial score (nSPS) is 25.2. The molecule has 0 radical (unpaired) electrons. The molecule has 21 heavy (non-hydrogen) atoms. The molecule has 0 amide bonds. The second-order valence-electron chi connectivity index (χ2n) is 7.03. The van der Waals surface area contributed by atoms with E-state index >= 15 is 0 Å². The number of aliphatic hydroxyl groups is 1. The number of benzene rings is 1. The van der Waals surface area contributed by atoms with Crippen molar-refractivity contribution < 1.29 is 5.11 Å². The van der Waals surface area contributed by atoms with Gasteiger partial charge in [0.2, 0.25) is 0 Å². The Morgan fingerprint density at radius 1 is 1.29 bits per heavy atom. The van der Waals surface area contributed by atoms with E-state index < -0.39 is 0 Å². The van der Waals surface area contributed by atoms with Gasteiger partial charge >= 0.3 is 0 Å². The molecule has 3 unspecified atom stereocenters. The van der Waals surface area contributed by atoms with E-state index in [0.717, 1.165) is 32.5 Å². The van der Waals surface area contributed by atoms with E-state index in [1.165, 1.54) is 11.1 Å². The molecule has 3 atom stereocenters. The van der Waals surface area contributed by atoms with Crippen molar-refractivity contribution in [1.82, 2.24) is 4.90 Å². The highest BCUT2D eigenvalue weighted by molar-refractivity contribution is 5.25. The first-order valence-corrected chi connectivity index (χ1v) is 8.16. The summed E-state index contributed by atoms with van der Waals surface area (Å²) in [5.74, 6) is 0.836. The van der Waals surface area contributed by atoms with Crippen molar-refractivity contribution >= 4 is 0 Å². The molecule has 0 aliphatic carbocycles. The number of hydrogen-bond acceptors (Lipinski definition) is 3. The van der Waals surface area contributed by atoms with Crippen LogP contribution >= 0.6 is 0 Å². The third-order valence-corrected chi connectivity index (χ3v) is 4.64. The number of rotatable bonds is 5. The summed E-state index contributed by atoms with van der Waals surface area (Å²) in [4.78, 5) is 2.45. The SMILES string of the molecule is Cc1ccccc1CN1CC(N)CC(CC(O)C(C)C)C1. The van der Waals surface area contributed by atoms with Crippen LogP contribution in [-0.2, 0) is 6.54 Å². The molecule has 0 bridgehead atoms. The largest absolute Gasteiger partial charge is 0.393 e. The number of likely N-dealkylation sites (tertiary alicyclic amines) is 1. The number of piperidine rings is 1. The predicted molar refractivity (Wildman–Crippen MR) is 88.0 cm³/mol. The Kier molecular flexibility index (Phi) is 5.80. The van der Waals surface area contributed by atoms with Gasteiger partial charge in [0.05, 0.1) is 6.10 Å². The first-order valence-electron chi connectivity index (χ1n) is 8.16. The van der Waals surface area contributed by atoms with Crippen molar-refractivity contribution in [1.29, 1.82) is 0 Å². The highest BCUT2D eigenvalue weighted by atomic mass is 16.3. The predicted octanol–water partition coefficient (Wildman–Crippen LogP) is 2.55. The molecule has 0 aromatic heterocycles. The van der Waals surface area contributed by atoms with Gasteiger partial charge in [0, 0.05) is 25.7 Å². The van der Waals surface area contributed by atoms with Crippen molar-refractivity contribution in [2.45, 2.75) is 52.3 Å². The van der Waals surface area contributed by atoms with Crippen LogP contribution in [0, 0.1) is 18.8 Å². The average Bonchev–Trinajstić information content (AvgIpc) is 2.40. The molecule has 0 spiro atoms. The molecule has 1 aromatic rings. The minimum Gasteiger partial charge on any atom is -0.393 e. The lowest BCUT2D eigenvalue weighted by molar-refractivity contribution is 0.0641. The van der Waals surface area contributed by atoms with Crippen LogP contribution in [0.1, 0.15) is 37.8 Å². The van der Waals surface area contributed by atoms with Gasteiger partial charge < -0.3 is 10.8 Å². The van der Waals surface area contributed by atoms with Crippen molar-refractivity contribution in [2.24, 2.45) is 17.6 Å². The van der Waals surface area contributed by atoms with Crippen LogP contribution in [0.4, 0.5) is 0 Å². The summed E-state index contributed by atoms with van der Waals surface area (Å²) >= 11 is 0. The van der Waals surface area contributed by atoms with Crippen LogP contribution in [0.3, 0.4) is 0 Å². The summed E-state index contributed by atoms with van der Waals surface area (Å²) in [6.45, 7) is 9.30. The van der Waals surface area contributed by atoms with E-state index in [4.69, 9.17) is 5.73 Å². The second kappa shape index (κ2) is 7.39. The number of aryl methyl sites for hydroxylation is 1. The molecule has 1 aliphatic heterocycles. The van der Waals surface area contributed by atoms with Gasteiger partial charge in [-0.2, -0.15) is 0 Å². The summed E-state index contributed by atoms with van der Waals surface area (Å²) in [6.07, 6.45) is 1.70. The number of hydrogen-bond donors (Lipinski definition) is 2. The topological polar surface area (TPSA) is 49.5 Å². The molecule has 1 aromatic carbocycles. The van der Waals surface area contributed by atoms with Crippen LogP contribution < -0.4 is 5.73 Å². The molecule has 1 saturated heterocycles. The lowest BCUT2D eigenvalue weighted by Crippen LogP contribution is -2.47. The Labute approximate surface area is 129 Å². The van der Waals surface area contributed by atoms with Crippen LogP contribution in [-0.4, -0.2) is 35.2 Å². The van der Waals surface area contributed by atoms with E-state index in [9.17, 15) is 5.11 Å². The molecule has 1 aliphatic rings. The molecule has 2 rings (SSSR count). The zero-order valence-corrected chi connectivity index (χ0v) is 13.6. The van der Waals surface area contributed by atoms with E-state index in [-0.39, 0.29) is 12.1 Å². The summed E-state index contributed by atoms with van der Waals surface area (Å²) < 4.78 is 0. The molecule has 3 N–H and O–H groups in total. The lowest BCUT2D eigenvalue weighted by atomic mass is 9.87. The summed E-state index contributed by atoms with van der Waals surface area (Å²) in [5, 5.41) is 10.1. The van der Waals surface area contributed by atoms with Gasteiger partial charge in [0.25, 0.3) is 0 Å². The summed E-state index contributed by atoms with van der Waals surface area (Å²) in [6, 6.07) is 8.79. The number of nitrogens with two attached hydrogens (primary N) is 1. The fraction of sp³-hybridized carbons (Fsp3) is 0.667. The van der Waals surface area contributed by atoms with E-state index in [1.807, 2.05) is 0 Å². The fourth-order valence-electron chi connectivity index (χ4n) is 3.29. The van der Waals surface area contributed by atoms with Gasteiger partial charge in [-0.3, -0.25) is 4.90 Å². The van der Waals surface area contributed by atoms with E-state index in [1.54, 1.807) is 0 Å². The average molecular weight is 290 g/mol. The third kappa shape index (κ3) is 4.80. The zero-order chi connectivity index (χ0) is 15.4. The fourth-order valence-corrected chi connectivity index (χ4v) is 3.29. The van der Waals surface area contributed by atoms with Gasteiger partial charge in [0.1, 0.15) is 0 Å². The first kappa shape index (κ1) is 16.5. The molecule has 1 fully saturated rings. The number of aliphatic hydroxyl groups excluding tert-OH is 1. The molecular weight excluding hydrogens is 260 g/mol. The van der Waals surface area contributed by atoms with Gasteiger partial charge in [-0.25, -0.2) is 0 Å². The van der Waals surface area contributed by atoms with Crippen LogP contribution in [0.5, 0.6) is 0 Å². The maximum absolute atomic E-state index is 10.1. The Balaban J connectivity index is 1.96. The molecule has 118 valence electrons. The minimum atomic E-state index is -0.208. The van der Waals surface area contributed by atoms with Crippen LogP contribution in [0.2, 0.25) is 0 Å². The van der Waals surface area contributed by atoms with E-state index in [0.29, 0.717) is 11.8 Å². The molecule has 3 nitrogen and oxygen atoms in total. The van der Waals surface area contributed by atoms with Gasteiger partial charge in [-0.1, -0.05) is 38.1 Å². The van der Waals surface area contributed by atoms with E-state index in [2.05, 4.69) is 49.9 Å². The standard InChI is InChI=1S/C18H30N2O/c1-13(2)18(21)9-15-8-17(19)12-20(10-15)11-16-7-5-4-6-14(16)3/h4-7,13,15,17-18,21H,8-12,19H2,1-3H3. The van der Waals surface area contributed by atoms with Crippen LogP contribution in [0.15, 0.2) is 24.3 Å². The highest BCUT2D eigenvalue weighted by Gasteiger charge is 2.27. The molecular formula is C18H30N2O. The first-order chi connectivity index (χ1) is 9.95. The minimum absolute atomic E-state index is 0.208. The smallest absolute Gasteiger partial charge is 0.0566 e. The van der Waals surface area contributed by atoms with Crippen molar-refractivity contribution in [2.75, 3.05) is 13.1 Å². The molecule has 1 heterocycles.